The minimum Gasteiger partial charge on any atom is -0.359 e. The first kappa shape index (κ1) is 16.7. The summed E-state index contributed by atoms with van der Waals surface area (Å²) in [7, 11) is 1.58. The van der Waals surface area contributed by atoms with E-state index in [1.54, 1.807) is 7.05 Å². The van der Waals surface area contributed by atoms with Crippen LogP contribution in [0, 0.1) is 5.92 Å². The maximum atomic E-state index is 11.6. The predicted molar refractivity (Wildman–Crippen MR) is 69.2 cm³/mol. The summed E-state index contributed by atoms with van der Waals surface area (Å²) in [4.78, 5) is 32.6. The van der Waals surface area contributed by atoms with Gasteiger partial charge in [0.1, 0.15) is 5.88 Å². The standard InChI is InChI=1S/C11H20ClN3O3/c1-13-11(18)9(3-2-5-14-8-16)4-6-15-10(17)7-12/h8-9H,2-7H2,1H3,(H,13,18)(H,14,16)(H,15,17). The van der Waals surface area contributed by atoms with Crippen molar-refractivity contribution in [3.05, 3.63) is 0 Å². The number of halogens is 1. The van der Waals surface area contributed by atoms with Gasteiger partial charge in [0.25, 0.3) is 0 Å². The highest BCUT2D eigenvalue weighted by Gasteiger charge is 2.16. The van der Waals surface area contributed by atoms with Crippen LogP contribution in [0.15, 0.2) is 0 Å². The van der Waals surface area contributed by atoms with Gasteiger partial charge in [0.05, 0.1) is 0 Å². The highest BCUT2D eigenvalue weighted by Crippen LogP contribution is 2.10. The molecule has 0 rings (SSSR count). The molecule has 0 bridgehead atoms. The molecular formula is C11H20ClN3O3. The lowest BCUT2D eigenvalue weighted by Crippen LogP contribution is -2.33. The second-order valence-corrected chi connectivity index (χ2v) is 4.06. The summed E-state index contributed by atoms with van der Waals surface area (Å²) in [5.74, 6) is -0.538. The average Bonchev–Trinajstić information content (AvgIpc) is 2.40. The molecule has 3 N–H and O–H groups in total. The molecule has 6 nitrogen and oxygen atoms in total. The van der Waals surface area contributed by atoms with Crippen molar-refractivity contribution in [1.29, 1.82) is 0 Å². The predicted octanol–water partition coefficient (Wildman–Crippen LogP) is -0.380. The van der Waals surface area contributed by atoms with Crippen molar-refractivity contribution in [3.8, 4) is 0 Å². The Morgan fingerprint density at radius 1 is 1.28 bits per heavy atom. The minimum absolute atomic E-state index is 0.0544. The van der Waals surface area contributed by atoms with Crippen LogP contribution in [0.2, 0.25) is 0 Å². The van der Waals surface area contributed by atoms with E-state index < -0.39 is 0 Å². The van der Waals surface area contributed by atoms with E-state index in [0.717, 1.165) is 6.42 Å². The van der Waals surface area contributed by atoms with Gasteiger partial charge in [-0.15, -0.1) is 11.6 Å². The number of nitrogens with one attached hydrogen (secondary N) is 3. The van der Waals surface area contributed by atoms with Gasteiger partial charge in [-0.2, -0.15) is 0 Å². The van der Waals surface area contributed by atoms with Gasteiger partial charge in [0, 0.05) is 26.1 Å². The van der Waals surface area contributed by atoms with Crippen molar-refractivity contribution in [1.82, 2.24) is 16.0 Å². The fourth-order valence-corrected chi connectivity index (χ4v) is 1.65. The van der Waals surface area contributed by atoms with Crippen LogP contribution in [0.3, 0.4) is 0 Å². The molecule has 0 radical (unpaired) electrons. The Bertz CT molecular complexity index is 274. The van der Waals surface area contributed by atoms with Crippen molar-refractivity contribution in [2.45, 2.75) is 19.3 Å². The second-order valence-electron chi connectivity index (χ2n) is 3.80. The number of amides is 3. The largest absolute Gasteiger partial charge is 0.359 e. The van der Waals surface area contributed by atoms with Crippen LogP contribution in [-0.2, 0) is 14.4 Å². The first-order valence-corrected chi connectivity index (χ1v) is 6.40. The molecule has 7 heteroatoms. The van der Waals surface area contributed by atoms with Gasteiger partial charge in [-0.1, -0.05) is 0 Å². The van der Waals surface area contributed by atoms with Crippen LogP contribution < -0.4 is 16.0 Å². The molecule has 0 fully saturated rings. The number of hydrogen-bond donors (Lipinski definition) is 3. The fraction of sp³-hybridized carbons (Fsp3) is 0.727. The zero-order valence-electron chi connectivity index (χ0n) is 10.5. The highest BCUT2D eigenvalue weighted by molar-refractivity contribution is 6.27. The third-order valence-corrected chi connectivity index (χ3v) is 2.75. The summed E-state index contributed by atoms with van der Waals surface area (Å²) in [6.07, 6.45) is 2.58. The normalized spacial score (nSPS) is 11.4. The molecule has 3 amide bonds. The van der Waals surface area contributed by atoms with E-state index in [1.807, 2.05) is 0 Å². The molecule has 0 aliphatic heterocycles. The molecule has 0 aliphatic carbocycles. The SMILES string of the molecule is CNC(=O)C(CCCNC=O)CCNC(=O)CCl. The first-order valence-electron chi connectivity index (χ1n) is 5.87. The van der Waals surface area contributed by atoms with E-state index in [9.17, 15) is 14.4 Å². The summed E-state index contributed by atoms with van der Waals surface area (Å²) in [5.41, 5.74) is 0. The Morgan fingerprint density at radius 3 is 2.56 bits per heavy atom. The van der Waals surface area contributed by atoms with Crippen LogP contribution in [-0.4, -0.2) is 44.2 Å². The lowest BCUT2D eigenvalue weighted by Gasteiger charge is -2.15. The summed E-state index contributed by atoms with van der Waals surface area (Å²) in [5, 5.41) is 7.76. The third kappa shape index (κ3) is 7.89. The minimum atomic E-state index is -0.241. The Hall–Kier alpha value is -1.30. The Morgan fingerprint density at radius 2 is 2.00 bits per heavy atom. The summed E-state index contributed by atoms with van der Waals surface area (Å²) >= 11 is 5.34. The number of carbonyl (C=O) groups is 3. The first-order chi connectivity index (χ1) is 8.65. The van der Waals surface area contributed by atoms with Gasteiger partial charge in [-0.25, -0.2) is 0 Å². The van der Waals surface area contributed by atoms with E-state index in [1.165, 1.54) is 0 Å². The molecule has 0 saturated carbocycles. The van der Waals surface area contributed by atoms with Crippen molar-refractivity contribution < 1.29 is 14.4 Å². The Kier molecular flexibility index (Phi) is 10.0. The monoisotopic (exact) mass is 277 g/mol. The number of rotatable bonds is 10. The summed E-state index contributed by atoms with van der Waals surface area (Å²) in [6, 6.07) is 0. The zero-order chi connectivity index (χ0) is 13.8. The second kappa shape index (κ2) is 10.8. The van der Waals surface area contributed by atoms with Gasteiger partial charge in [0.15, 0.2) is 0 Å². The molecule has 0 aromatic heterocycles. The lowest BCUT2D eigenvalue weighted by atomic mass is 9.98. The van der Waals surface area contributed by atoms with Gasteiger partial charge in [-0.3, -0.25) is 14.4 Å². The van der Waals surface area contributed by atoms with Gasteiger partial charge < -0.3 is 16.0 Å². The number of hydrogen-bond acceptors (Lipinski definition) is 3. The van der Waals surface area contributed by atoms with E-state index >= 15 is 0 Å². The van der Waals surface area contributed by atoms with E-state index in [4.69, 9.17) is 11.6 Å². The van der Waals surface area contributed by atoms with E-state index in [-0.39, 0.29) is 23.6 Å². The van der Waals surface area contributed by atoms with Crippen molar-refractivity contribution in [2.75, 3.05) is 26.0 Å². The summed E-state index contributed by atoms with van der Waals surface area (Å²) < 4.78 is 0. The highest BCUT2D eigenvalue weighted by atomic mass is 35.5. The molecular weight excluding hydrogens is 258 g/mol. The van der Waals surface area contributed by atoms with Crippen molar-refractivity contribution in [2.24, 2.45) is 5.92 Å². The number of alkyl halides is 1. The summed E-state index contributed by atoms with van der Waals surface area (Å²) in [6.45, 7) is 0.968. The molecule has 18 heavy (non-hydrogen) atoms. The molecule has 0 aliphatic rings. The average molecular weight is 278 g/mol. The number of carbonyl (C=O) groups excluding carboxylic acids is 3. The van der Waals surface area contributed by atoms with Crippen molar-refractivity contribution in [3.63, 3.8) is 0 Å². The Labute approximate surface area is 112 Å². The molecule has 0 aromatic rings. The molecule has 0 spiro atoms. The maximum Gasteiger partial charge on any atom is 0.234 e. The van der Waals surface area contributed by atoms with Crippen LogP contribution in [0.25, 0.3) is 0 Å². The molecule has 0 saturated heterocycles. The fourth-order valence-electron chi connectivity index (χ4n) is 1.55. The third-order valence-electron chi connectivity index (χ3n) is 2.51. The van der Waals surface area contributed by atoms with Crippen LogP contribution in [0.5, 0.6) is 0 Å². The molecule has 1 atom stereocenters. The van der Waals surface area contributed by atoms with Gasteiger partial charge in [0.2, 0.25) is 18.2 Å². The topological polar surface area (TPSA) is 87.3 Å². The van der Waals surface area contributed by atoms with Crippen LogP contribution in [0.4, 0.5) is 0 Å². The quantitative estimate of drug-likeness (QED) is 0.289. The molecule has 0 aromatic carbocycles. The van der Waals surface area contributed by atoms with E-state index in [2.05, 4.69) is 16.0 Å². The van der Waals surface area contributed by atoms with Crippen LogP contribution >= 0.6 is 11.6 Å². The molecule has 0 heterocycles. The van der Waals surface area contributed by atoms with Gasteiger partial charge in [-0.05, 0) is 19.3 Å². The maximum absolute atomic E-state index is 11.6. The van der Waals surface area contributed by atoms with Crippen molar-refractivity contribution >= 4 is 29.8 Å². The lowest BCUT2D eigenvalue weighted by molar-refractivity contribution is -0.125. The van der Waals surface area contributed by atoms with Crippen LogP contribution in [0.1, 0.15) is 19.3 Å². The van der Waals surface area contributed by atoms with Gasteiger partial charge >= 0.3 is 0 Å². The zero-order valence-corrected chi connectivity index (χ0v) is 11.3. The smallest absolute Gasteiger partial charge is 0.234 e. The Balaban J connectivity index is 3.95. The van der Waals surface area contributed by atoms with E-state index in [0.29, 0.717) is 32.3 Å². The molecule has 1 unspecified atom stereocenters. The molecule has 104 valence electrons.